The molecule has 2 aromatic rings. The molecule has 5 nitrogen and oxygen atoms in total. The van der Waals surface area contributed by atoms with Gasteiger partial charge in [0.25, 0.3) is 0 Å². The number of nitrogens with zero attached hydrogens (tertiary/aromatic N) is 5. The van der Waals surface area contributed by atoms with Crippen LogP contribution in [0.4, 0.5) is 13.2 Å². The van der Waals surface area contributed by atoms with E-state index in [1.54, 1.807) is 4.57 Å². The molecule has 2 aromatic heterocycles. The normalized spacial score (nSPS) is 17.6. The summed E-state index contributed by atoms with van der Waals surface area (Å²) in [7, 11) is 2.07. The van der Waals surface area contributed by atoms with Crippen LogP contribution in [0, 0.1) is 19.8 Å². The van der Waals surface area contributed by atoms with Crippen LogP contribution >= 0.6 is 0 Å². The summed E-state index contributed by atoms with van der Waals surface area (Å²) in [4.78, 5) is 6.01. The molecule has 8 heteroatoms. The molecular weight excluding hydrogens is 355 g/mol. The topological polar surface area (TPSA) is 38.9 Å². The van der Waals surface area contributed by atoms with E-state index in [0.717, 1.165) is 44.4 Å². The van der Waals surface area contributed by atoms with Crippen LogP contribution in [-0.2, 0) is 32.2 Å². The first-order valence-corrected chi connectivity index (χ1v) is 9.53. The molecular formula is C19H28F3N5. The molecule has 0 unspecified atom stereocenters. The Morgan fingerprint density at radius 2 is 2.04 bits per heavy atom. The van der Waals surface area contributed by atoms with E-state index >= 15 is 0 Å². The third kappa shape index (κ3) is 4.36. The molecule has 27 heavy (non-hydrogen) atoms. The Kier molecular flexibility index (Phi) is 5.65. The molecule has 1 atom stereocenters. The zero-order chi connectivity index (χ0) is 19.8. The molecule has 1 aliphatic rings. The molecule has 0 amide bonds. The smallest absolute Gasteiger partial charge is 0.334 e. The lowest BCUT2D eigenvalue weighted by atomic mass is 9.98. The highest BCUT2D eigenvalue weighted by molar-refractivity contribution is 5.24. The minimum atomic E-state index is -4.37. The van der Waals surface area contributed by atoms with Gasteiger partial charge in [0.1, 0.15) is 5.82 Å². The summed E-state index contributed by atoms with van der Waals surface area (Å²) in [6.45, 7) is 9.45. The maximum absolute atomic E-state index is 12.9. The third-order valence-electron chi connectivity index (χ3n) is 5.35. The van der Waals surface area contributed by atoms with E-state index in [2.05, 4.69) is 40.6 Å². The highest BCUT2D eigenvalue weighted by Crippen LogP contribution is 2.31. The molecule has 3 rings (SSSR count). The first-order valence-electron chi connectivity index (χ1n) is 9.53. The number of imidazole rings is 1. The number of fused-ring (bicyclic) bond motifs is 1. The molecule has 0 radical (unpaired) electrons. The highest BCUT2D eigenvalue weighted by Gasteiger charge is 2.35. The van der Waals surface area contributed by atoms with Gasteiger partial charge in [0.2, 0.25) is 0 Å². The Labute approximate surface area is 158 Å². The van der Waals surface area contributed by atoms with Crippen LogP contribution in [0.5, 0.6) is 0 Å². The fraction of sp³-hybridized carbons (Fsp3) is 0.684. The van der Waals surface area contributed by atoms with E-state index in [1.807, 2.05) is 6.92 Å². The van der Waals surface area contributed by atoms with Gasteiger partial charge in [-0.2, -0.15) is 18.3 Å². The second-order valence-electron chi connectivity index (χ2n) is 7.67. The van der Waals surface area contributed by atoms with E-state index in [0.29, 0.717) is 24.7 Å². The lowest BCUT2D eigenvalue weighted by molar-refractivity contribution is -0.141. The largest absolute Gasteiger partial charge is 0.434 e. The van der Waals surface area contributed by atoms with Gasteiger partial charge in [-0.3, -0.25) is 4.68 Å². The van der Waals surface area contributed by atoms with E-state index in [4.69, 9.17) is 0 Å². The van der Waals surface area contributed by atoms with E-state index in [-0.39, 0.29) is 0 Å². The maximum Gasteiger partial charge on any atom is 0.434 e. The number of halogens is 3. The molecule has 0 fully saturated rings. The minimum Gasteiger partial charge on any atom is -0.334 e. The minimum absolute atomic E-state index is 0.323. The molecule has 0 spiro atoms. The van der Waals surface area contributed by atoms with Gasteiger partial charge in [0.05, 0.1) is 5.69 Å². The van der Waals surface area contributed by atoms with Crippen molar-refractivity contribution in [2.75, 3.05) is 13.6 Å². The lowest BCUT2D eigenvalue weighted by Crippen LogP contribution is -2.31. The molecule has 0 N–H and O–H groups in total. The van der Waals surface area contributed by atoms with Crippen LogP contribution in [0.15, 0.2) is 6.20 Å². The summed E-state index contributed by atoms with van der Waals surface area (Å²) in [5, 5.41) is 4.63. The molecule has 0 bridgehead atoms. The predicted molar refractivity (Wildman–Crippen MR) is 97.4 cm³/mol. The first-order chi connectivity index (χ1) is 12.7. The van der Waals surface area contributed by atoms with Gasteiger partial charge in [-0.15, -0.1) is 0 Å². The summed E-state index contributed by atoms with van der Waals surface area (Å²) in [5.74, 6) is 0.873. The van der Waals surface area contributed by atoms with Crippen molar-refractivity contribution in [3.05, 3.63) is 34.7 Å². The van der Waals surface area contributed by atoms with E-state index in [1.165, 1.54) is 11.3 Å². The monoisotopic (exact) mass is 383 g/mol. The Balaban J connectivity index is 1.63. The van der Waals surface area contributed by atoms with Gasteiger partial charge in [-0.05, 0) is 39.7 Å². The van der Waals surface area contributed by atoms with Crippen LogP contribution in [0.2, 0.25) is 0 Å². The summed E-state index contributed by atoms with van der Waals surface area (Å²) in [6.07, 6.45) is -0.700. The first kappa shape index (κ1) is 19.9. The number of hydrogen-bond acceptors (Lipinski definition) is 3. The zero-order valence-corrected chi connectivity index (χ0v) is 16.5. The van der Waals surface area contributed by atoms with Gasteiger partial charge in [-0.25, -0.2) is 4.98 Å². The van der Waals surface area contributed by atoms with E-state index < -0.39 is 11.9 Å². The van der Waals surface area contributed by atoms with Crippen molar-refractivity contribution in [3.63, 3.8) is 0 Å². The molecule has 1 aliphatic heterocycles. The van der Waals surface area contributed by atoms with Crippen molar-refractivity contribution in [2.24, 2.45) is 5.92 Å². The molecule has 0 aliphatic carbocycles. The summed E-state index contributed by atoms with van der Waals surface area (Å²) in [5.41, 5.74) is 2.74. The predicted octanol–water partition coefficient (Wildman–Crippen LogP) is 3.82. The van der Waals surface area contributed by atoms with Crippen molar-refractivity contribution in [1.82, 2.24) is 24.2 Å². The van der Waals surface area contributed by atoms with Crippen LogP contribution in [0.25, 0.3) is 0 Å². The van der Waals surface area contributed by atoms with Crippen molar-refractivity contribution < 1.29 is 13.2 Å². The molecule has 0 saturated carbocycles. The van der Waals surface area contributed by atoms with Gasteiger partial charge in [0.15, 0.2) is 5.69 Å². The number of aromatic nitrogens is 4. The standard InChI is InChI=1S/C19H28F3N5/c1-5-8-27-14(3)16(13(2)24-27)11-25(4)9-15-6-7-18-23-17(19(20,21)22)12-26(18)10-15/h12,15H,5-11H2,1-4H3/t15-/m0/s1. The summed E-state index contributed by atoms with van der Waals surface area (Å²) in [6, 6.07) is 0. The Morgan fingerprint density at radius 3 is 2.70 bits per heavy atom. The second kappa shape index (κ2) is 7.66. The highest BCUT2D eigenvalue weighted by atomic mass is 19.4. The van der Waals surface area contributed by atoms with Crippen molar-refractivity contribution in [3.8, 4) is 0 Å². The Morgan fingerprint density at radius 1 is 1.30 bits per heavy atom. The van der Waals surface area contributed by atoms with Gasteiger partial charge in [-0.1, -0.05) is 6.92 Å². The van der Waals surface area contributed by atoms with E-state index in [9.17, 15) is 13.2 Å². The Bertz CT molecular complexity index is 790. The fourth-order valence-corrected chi connectivity index (χ4v) is 3.97. The van der Waals surface area contributed by atoms with Crippen LogP contribution in [0.1, 0.15) is 48.2 Å². The number of aryl methyl sites for hydroxylation is 3. The maximum atomic E-state index is 12.9. The van der Waals surface area contributed by atoms with Crippen molar-refractivity contribution in [1.29, 1.82) is 0 Å². The van der Waals surface area contributed by atoms with Gasteiger partial charge in [0, 0.05) is 50.1 Å². The van der Waals surface area contributed by atoms with Crippen molar-refractivity contribution >= 4 is 0 Å². The Hall–Kier alpha value is -1.83. The second-order valence-corrected chi connectivity index (χ2v) is 7.67. The SMILES string of the molecule is CCCn1nc(C)c(CN(C)C[C@@H]2CCc3nc(C(F)(F)F)cn3C2)c1C. The zero-order valence-electron chi connectivity index (χ0n) is 16.5. The van der Waals surface area contributed by atoms with Gasteiger partial charge < -0.3 is 9.47 Å². The average molecular weight is 383 g/mol. The number of alkyl halides is 3. The number of hydrogen-bond donors (Lipinski definition) is 0. The van der Waals surface area contributed by atoms with Crippen LogP contribution in [0.3, 0.4) is 0 Å². The molecule has 3 heterocycles. The van der Waals surface area contributed by atoms with Crippen LogP contribution in [-0.4, -0.2) is 37.8 Å². The average Bonchev–Trinajstić information content (AvgIpc) is 3.11. The fourth-order valence-electron chi connectivity index (χ4n) is 3.97. The summed E-state index contributed by atoms with van der Waals surface area (Å²) < 4.78 is 42.3. The summed E-state index contributed by atoms with van der Waals surface area (Å²) >= 11 is 0. The van der Waals surface area contributed by atoms with Crippen LogP contribution < -0.4 is 0 Å². The number of rotatable bonds is 6. The molecule has 0 saturated heterocycles. The molecule has 150 valence electrons. The lowest BCUT2D eigenvalue weighted by Gasteiger charge is -2.28. The van der Waals surface area contributed by atoms with Gasteiger partial charge >= 0.3 is 6.18 Å². The quantitative estimate of drug-likeness (QED) is 0.761. The molecule has 0 aromatic carbocycles. The third-order valence-corrected chi connectivity index (χ3v) is 5.35. The van der Waals surface area contributed by atoms with Crippen molar-refractivity contribution in [2.45, 2.75) is 65.8 Å².